The molecule has 0 bridgehead atoms. The van der Waals surface area contributed by atoms with Gasteiger partial charge in [-0.05, 0) is 28.7 Å². The highest BCUT2D eigenvalue weighted by molar-refractivity contribution is 14.1. The zero-order valence-electron chi connectivity index (χ0n) is 6.59. The topological polar surface area (TPSA) is 53.4 Å². The van der Waals surface area contributed by atoms with Gasteiger partial charge in [0.15, 0.2) is 0 Å². The molecule has 0 aliphatic carbocycles. The van der Waals surface area contributed by atoms with Gasteiger partial charge in [0, 0.05) is 5.46 Å². The number of pyridine rings is 1. The van der Waals surface area contributed by atoms with Crippen molar-refractivity contribution in [1.82, 2.24) is 4.98 Å². The monoisotopic (exact) mass is 317 g/mol. The minimum absolute atomic E-state index is 0.138. The largest absolute Gasteiger partial charge is 0.490 e. The van der Waals surface area contributed by atoms with Gasteiger partial charge in [-0.25, -0.2) is 4.98 Å². The Hall–Kier alpha value is -0.345. The van der Waals surface area contributed by atoms with Crippen LogP contribution in [-0.2, 0) is 6.18 Å². The van der Waals surface area contributed by atoms with E-state index in [0.717, 1.165) is 6.07 Å². The Bertz CT molecular complexity index is 344. The highest BCUT2D eigenvalue weighted by atomic mass is 127. The maximum absolute atomic E-state index is 12.3. The predicted octanol–water partition coefficient (Wildman–Crippen LogP) is 0.385. The Morgan fingerprint density at radius 3 is 2.29 bits per heavy atom. The fraction of sp³-hybridized carbons (Fsp3) is 0.167. The van der Waals surface area contributed by atoms with E-state index < -0.39 is 24.5 Å². The van der Waals surface area contributed by atoms with E-state index in [0.29, 0.717) is 0 Å². The molecule has 1 aromatic heterocycles. The first-order chi connectivity index (χ1) is 6.32. The summed E-state index contributed by atoms with van der Waals surface area (Å²) in [6.45, 7) is 0. The molecule has 0 aliphatic heterocycles. The summed E-state index contributed by atoms with van der Waals surface area (Å²) in [5, 5.41) is 17.3. The maximum atomic E-state index is 12.3. The predicted molar refractivity (Wildman–Crippen MR) is 51.8 cm³/mol. The molecule has 1 heterocycles. The van der Waals surface area contributed by atoms with E-state index in [1.807, 2.05) is 0 Å². The number of aromatic nitrogens is 1. The lowest BCUT2D eigenvalue weighted by Gasteiger charge is -2.10. The van der Waals surface area contributed by atoms with Crippen molar-refractivity contribution in [3.8, 4) is 0 Å². The van der Waals surface area contributed by atoms with E-state index in [4.69, 9.17) is 10.0 Å². The molecule has 0 spiro atoms. The van der Waals surface area contributed by atoms with E-state index in [-0.39, 0.29) is 3.70 Å². The van der Waals surface area contributed by atoms with Crippen molar-refractivity contribution in [3.05, 3.63) is 21.5 Å². The molecule has 0 saturated carbocycles. The van der Waals surface area contributed by atoms with Crippen molar-refractivity contribution in [2.75, 3.05) is 0 Å². The summed E-state index contributed by atoms with van der Waals surface area (Å²) in [7, 11) is -2.17. The first-order valence-electron chi connectivity index (χ1n) is 3.42. The van der Waals surface area contributed by atoms with Crippen LogP contribution in [-0.4, -0.2) is 22.2 Å². The SMILES string of the molecule is OB(O)c1ccc(I)nc1C(F)(F)F. The van der Waals surface area contributed by atoms with Crippen molar-refractivity contribution in [1.29, 1.82) is 0 Å². The Balaban J connectivity index is 3.30. The molecule has 2 N–H and O–H groups in total. The van der Waals surface area contributed by atoms with E-state index >= 15 is 0 Å². The van der Waals surface area contributed by atoms with Crippen LogP contribution in [0.25, 0.3) is 0 Å². The highest BCUT2D eigenvalue weighted by Crippen LogP contribution is 2.26. The second-order valence-electron chi connectivity index (χ2n) is 2.44. The van der Waals surface area contributed by atoms with E-state index in [2.05, 4.69) is 4.98 Å². The molecule has 0 fully saturated rings. The smallest absolute Gasteiger partial charge is 0.423 e. The average Bonchev–Trinajstić information content (AvgIpc) is 2.01. The number of halogens is 4. The van der Waals surface area contributed by atoms with Crippen LogP contribution in [0.1, 0.15) is 5.69 Å². The van der Waals surface area contributed by atoms with Gasteiger partial charge in [0.2, 0.25) is 0 Å². The minimum Gasteiger partial charge on any atom is -0.423 e. The van der Waals surface area contributed by atoms with Crippen molar-refractivity contribution < 1.29 is 23.2 Å². The van der Waals surface area contributed by atoms with Gasteiger partial charge in [-0.15, -0.1) is 0 Å². The molecule has 0 aromatic carbocycles. The number of nitrogens with zero attached hydrogens (tertiary/aromatic N) is 1. The van der Waals surface area contributed by atoms with Gasteiger partial charge in [0.25, 0.3) is 0 Å². The van der Waals surface area contributed by atoms with Gasteiger partial charge < -0.3 is 10.0 Å². The molecule has 0 saturated heterocycles. The molecule has 0 unspecified atom stereocenters. The molecule has 14 heavy (non-hydrogen) atoms. The Morgan fingerprint density at radius 2 is 1.86 bits per heavy atom. The molecule has 76 valence electrons. The van der Waals surface area contributed by atoms with Crippen LogP contribution in [0, 0.1) is 3.70 Å². The van der Waals surface area contributed by atoms with Crippen molar-refractivity contribution in [2.45, 2.75) is 6.18 Å². The minimum atomic E-state index is -4.68. The first kappa shape index (κ1) is 11.7. The van der Waals surface area contributed by atoms with Gasteiger partial charge >= 0.3 is 13.3 Å². The number of hydrogen-bond donors (Lipinski definition) is 2. The summed E-state index contributed by atoms with van der Waals surface area (Å²) in [6.07, 6.45) is -4.68. The van der Waals surface area contributed by atoms with Gasteiger partial charge in [0.1, 0.15) is 9.39 Å². The molecule has 8 heteroatoms. The van der Waals surface area contributed by atoms with Crippen LogP contribution >= 0.6 is 22.6 Å². The number of hydrogen-bond acceptors (Lipinski definition) is 3. The van der Waals surface area contributed by atoms with Crippen LogP contribution in [0.5, 0.6) is 0 Å². The molecular formula is C6H4BF3INO2. The van der Waals surface area contributed by atoms with Gasteiger partial charge in [0.05, 0.1) is 0 Å². The van der Waals surface area contributed by atoms with Gasteiger partial charge in [-0.2, -0.15) is 13.2 Å². The quantitative estimate of drug-likeness (QED) is 0.447. The standard InChI is InChI=1S/C6H4BF3INO2/c8-6(9,10)5-3(7(13)14)1-2-4(11)12-5/h1-2,13-14H. The van der Waals surface area contributed by atoms with Crippen molar-refractivity contribution in [2.24, 2.45) is 0 Å². The third-order valence-corrected chi connectivity index (χ3v) is 2.04. The maximum Gasteiger partial charge on any atom is 0.490 e. The normalized spacial score (nSPS) is 11.6. The molecule has 0 aliphatic rings. The lowest BCUT2D eigenvalue weighted by molar-refractivity contribution is -0.140. The summed E-state index contributed by atoms with van der Waals surface area (Å²) in [4.78, 5) is 3.21. The molecule has 1 rings (SSSR count). The number of rotatable bonds is 1. The average molecular weight is 317 g/mol. The summed E-state index contributed by atoms with van der Waals surface area (Å²) in [6, 6.07) is 2.26. The molecule has 3 nitrogen and oxygen atoms in total. The summed E-state index contributed by atoms with van der Waals surface area (Å²) >= 11 is 1.61. The fourth-order valence-electron chi connectivity index (χ4n) is 0.882. The van der Waals surface area contributed by atoms with E-state index in [1.54, 1.807) is 22.6 Å². The van der Waals surface area contributed by atoms with Crippen LogP contribution in [0.15, 0.2) is 12.1 Å². The van der Waals surface area contributed by atoms with Crippen LogP contribution < -0.4 is 5.46 Å². The summed E-state index contributed by atoms with van der Waals surface area (Å²) < 4.78 is 37.0. The lowest BCUT2D eigenvalue weighted by atomic mass is 9.79. The third-order valence-electron chi connectivity index (χ3n) is 1.44. The molecule has 0 amide bonds. The van der Waals surface area contributed by atoms with Crippen molar-refractivity contribution in [3.63, 3.8) is 0 Å². The summed E-state index contributed by atoms with van der Waals surface area (Å²) in [5.41, 5.74) is -1.91. The van der Waals surface area contributed by atoms with Crippen LogP contribution in [0.2, 0.25) is 0 Å². The van der Waals surface area contributed by atoms with E-state index in [9.17, 15) is 13.2 Å². The number of alkyl halides is 3. The fourth-order valence-corrected chi connectivity index (χ4v) is 1.30. The molecule has 0 atom stereocenters. The lowest BCUT2D eigenvalue weighted by Crippen LogP contribution is -2.37. The zero-order valence-corrected chi connectivity index (χ0v) is 8.74. The zero-order chi connectivity index (χ0) is 10.9. The Kier molecular flexibility index (Phi) is 3.38. The Labute approximate surface area is 91.3 Å². The molecule has 0 radical (unpaired) electrons. The first-order valence-corrected chi connectivity index (χ1v) is 4.50. The highest BCUT2D eigenvalue weighted by Gasteiger charge is 2.38. The second-order valence-corrected chi connectivity index (χ2v) is 3.55. The Morgan fingerprint density at radius 1 is 1.29 bits per heavy atom. The summed E-state index contributed by atoms with van der Waals surface area (Å²) in [5.74, 6) is 0. The van der Waals surface area contributed by atoms with Crippen LogP contribution in [0.4, 0.5) is 13.2 Å². The molecule has 1 aromatic rings. The van der Waals surface area contributed by atoms with E-state index in [1.165, 1.54) is 6.07 Å². The van der Waals surface area contributed by atoms with Gasteiger partial charge in [-0.1, -0.05) is 6.07 Å². The van der Waals surface area contributed by atoms with Gasteiger partial charge in [-0.3, -0.25) is 0 Å². The van der Waals surface area contributed by atoms with Crippen LogP contribution in [0.3, 0.4) is 0 Å². The molecular weight excluding hydrogens is 313 g/mol. The van der Waals surface area contributed by atoms with Crippen molar-refractivity contribution >= 4 is 35.2 Å². The third kappa shape index (κ3) is 2.58. The second kappa shape index (κ2) is 4.03.